The maximum absolute atomic E-state index is 5.38. The highest BCUT2D eigenvalue weighted by Gasteiger charge is 2.12. The van der Waals surface area contributed by atoms with E-state index in [-0.39, 0.29) is 12.4 Å². The average molecular weight is 353 g/mol. The first-order valence-corrected chi connectivity index (χ1v) is 8.36. The molecule has 2 aromatic rings. The zero-order valence-corrected chi connectivity index (χ0v) is 16.1. The molecule has 0 bridgehead atoms. The van der Waals surface area contributed by atoms with Crippen molar-refractivity contribution in [1.82, 2.24) is 20.4 Å². The molecule has 6 heteroatoms. The summed E-state index contributed by atoms with van der Waals surface area (Å²) in [6.07, 6.45) is 0.762. The lowest BCUT2D eigenvalue weighted by atomic mass is 10.1. The van der Waals surface area contributed by atoms with E-state index in [9.17, 15) is 0 Å². The smallest absolute Gasteiger partial charge is 0.257 e. The van der Waals surface area contributed by atoms with Crippen molar-refractivity contribution in [2.45, 2.75) is 52.7 Å². The summed E-state index contributed by atoms with van der Waals surface area (Å²) in [6.45, 7) is 10.8. The first kappa shape index (κ1) is 20.6. The number of likely N-dealkylation sites (N-methyl/N-ethyl adjacent to an activating group) is 1. The summed E-state index contributed by atoms with van der Waals surface area (Å²) in [6, 6.07) is 9.28. The standard InChI is InChI=1S/C18H28N4O.ClH/c1-6-22(13(2)3)12-15-7-9-16(10-8-15)18-20-17(21-23-18)11-14(4)19-5;/h7-10,13-14,19H,6,11-12H2,1-5H3;1H. The van der Waals surface area contributed by atoms with E-state index in [0.717, 1.165) is 30.9 Å². The third-order valence-corrected chi connectivity index (χ3v) is 4.17. The lowest BCUT2D eigenvalue weighted by Crippen LogP contribution is -2.29. The number of rotatable bonds is 8. The van der Waals surface area contributed by atoms with Crippen LogP contribution < -0.4 is 5.32 Å². The highest BCUT2D eigenvalue weighted by Crippen LogP contribution is 2.19. The second-order valence-corrected chi connectivity index (χ2v) is 6.26. The Bertz CT molecular complexity index is 597. The maximum Gasteiger partial charge on any atom is 0.257 e. The van der Waals surface area contributed by atoms with Crippen LogP contribution in [0.1, 0.15) is 39.1 Å². The van der Waals surface area contributed by atoms with Gasteiger partial charge in [-0.3, -0.25) is 4.90 Å². The molecule has 0 aliphatic carbocycles. The molecular weight excluding hydrogens is 324 g/mol. The molecule has 1 atom stereocenters. The first-order chi connectivity index (χ1) is 11.0. The minimum atomic E-state index is 0. The van der Waals surface area contributed by atoms with Crippen molar-refractivity contribution in [3.63, 3.8) is 0 Å². The molecule has 1 aromatic carbocycles. The zero-order chi connectivity index (χ0) is 16.8. The number of nitrogens with one attached hydrogen (secondary N) is 1. The van der Waals surface area contributed by atoms with Gasteiger partial charge in [0.2, 0.25) is 0 Å². The van der Waals surface area contributed by atoms with E-state index in [1.54, 1.807) is 0 Å². The van der Waals surface area contributed by atoms with Crippen LogP contribution in [0.15, 0.2) is 28.8 Å². The number of hydrogen-bond donors (Lipinski definition) is 1. The lowest BCUT2D eigenvalue weighted by molar-refractivity contribution is 0.225. The fraction of sp³-hybridized carbons (Fsp3) is 0.556. The molecule has 5 nitrogen and oxygen atoms in total. The van der Waals surface area contributed by atoms with Crippen LogP contribution in [-0.2, 0) is 13.0 Å². The Hall–Kier alpha value is -1.43. The quantitative estimate of drug-likeness (QED) is 0.787. The predicted octanol–water partition coefficient (Wildman–Crippen LogP) is 3.54. The zero-order valence-electron chi connectivity index (χ0n) is 15.2. The molecule has 1 N–H and O–H groups in total. The highest BCUT2D eigenvalue weighted by molar-refractivity contribution is 5.85. The Morgan fingerprint density at radius 3 is 2.38 bits per heavy atom. The van der Waals surface area contributed by atoms with E-state index >= 15 is 0 Å². The van der Waals surface area contributed by atoms with Gasteiger partial charge in [-0.05, 0) is 52.1 Å². The summed E-state index contributed by atoms with van der Waals surface area (Å²) < 4.78 is 5.38. The number of benzene rings is 1. The molecule has 1 aromatic heterocycles. The normalized spacial score (nSPS) is 12.5. The monoisotopic (exact) mass is 352 g/mol. The summed E-state index contributed by atoms with van der Waals surface area (Å²) in [4.78, 5) is 6.90. The molecule has 2 rings (SSSR count). The van der Waals surface area contributed by atoms with E-state index in [4.69, 9.17) is 4.52 Å². The Kier molecular flexibility index (Phi) is 8.39. The second-order valence-electron chi connectivity index (χ2n) is 6.26. The van der Waals surface area contributed by atoms with Gasteiger partial charge in [0, 0.05) is 30.6 Å². The Balaban J connectivity index is 0.00000288. The molecule has 0 radical (unpaired) electrons. The Labute approximate surface area is 151 Å². The molecular formula is C18H29ClN4O. The molecule has 0 aliphatic heterocycles. The van der Waals surface area contributed by atoms with E-state index in [2.05, 4.69) is 72.3 Å². The third kappa shape index (κ3) is 5.58. The SMILES string of the molecule is CCN(Cc1ccc(-c2nc(CC(C)NC)no2)cc1)C(C)C.Cl. The van der Waals surface area contributed by atoms with Crippen molar-refractivity contribution >= 4 is 12.4 Å². The minimum Gasteiger partial charge on any atom is -0.334 e. The predicted molar refractivity (Wildman–Crippen MR) is 100 cm³/mol. The number of hydrogen-bond acceptors (Lipinski definition) is 5. The van der Waals surface area contributed by atoms with Gasteiger partial charge < -0.3 is 9.84 Å². The number of nitrogens with zero attached hydrogens (tertiary/aromatic N) is 3. The van der Waals surface area contributed by atoms with Gasteiger partial charge in [-0.2, -0.15) is 4.98 Å². The number of aromatic nitrogens is 2. The summed E-state index contributed by atoms with van der Waals surface area (Å²) in [7, 11) is 1.93. The van der Waals surface area contributed by atoms with Crippen molar-refractivity contribution in [1.29, 1.82) is 0 Å². The fourth-order valence-electron chi connectivity index (χ4n) is 2.48. The summed E-state index contributed by atoms with van der Waals surface area (Å²) in [5.41, 5.74) is 2.27. The van der Waals surface area contributed by atoms with Crippen LogP contribution in [-0.4, -0.2) is 40.7 Å². The molecule has 0 amide bonds. The van der Waals surface area contributed by atoms with Crippen LogP contribution in [0.5, 0.6) is 0 Å². The first-order valence-electron chi connectivity index (χ1n) is 8.36. The summed E-state index contributed by atoms with van der Waals surface area (Å²) in [5.74, 6) is 1.33. The van der Waals surface area contributed by atoms with E-state index in [1.807, 2.05) is 7.05 Å². The molecule has 0 fully saturated rings. The van der Waals surface area contributed by atoms with Gasteiger partial charge in [0.1, 0.15) is 0 Å². The molecule has 1 unspecified atom stereocenters. The molecule has 134 valence electrons. The van der Waals surface area contributed by atoms with Gasteiger partial charge in [0.15, 0.2) is 5.82 Å². The van der Waals surface area contributed by atoms with Crippen LogP contribution in [0.2, 0.25) is 0 Å². The van der Waals surface area contributed by atoms with Crippen LogP contribution in [0.4, 0.5) is 0 Å². The van der Waals surface area contributed by atoms with Crippen LogP contribution in [0, 0.1) is 0 Å². The molecule has 0 aliphatic rings. The van der Waals surface area contributed by atoms with Crippen molar-refractivity contribution < 1.29 is 4.52 Å². The third-order valence-electron chi connectivity index (χ3n) is 4.17. The molecule has 24 heavy (non-hydrogen) atoms. The van der Waals surface area contributed by atoms with Gasteiger partial charge in [-0.25, -0.2) is 0 Å². The molecule has 1 heterocycles. The highest BCUT2D eigenvalue weighted by atomic mass is 35.5. The van der Waals surface area contributed by atoms with E-state index in [0.29, 0.717) is 18.0 Å². The van der Waals surface area contributed by atoms with Crippen molar-refractivity contribution in [3.05, 3.63) is 35.7 Å². The van der Waals surface area contributed by atoms with Crippen molar-refractivity contribution in [3.8, 4) is 11.5 Å². The van der Waals surface area contributed by atoms with Crippen LogP contribution in [0.3, 0.4) is 0 Å². The van der Waals surface area contributed by atoms with Gasteiger partial charge >= 0.3 is 0 Å². The molecule has 0 spiro atoms. The minimum absolute atomic E-state index is 0. The van der Waals surface area contributed by atoms with Crippen LogP contribution in [0.25, 0.3) is 11.5 Å². The van der Waals surface area contributed by atoms with Gasteiger partial charge in [0.25, 0.3) is 5.89 Å². The number of halogens is 1. The largest absolute Gasteiger partial charge is 0.334 e. The van der Waals surface area contributed by atoms with E-state index < -0.39 is 0 Å². The summed E-state index contributed by atoms with van der Waals surface area (Å²) in [5, 5.41) is 7.23. The molecule has 0 saturated heterocycles. The maximum atomic E-state index is 5.38. The van der Waals surface area contributed by atoms with E-state index in [1.165, 1.54) is 5.56 Å². The van der Waals surface area contributed by atoms with Gasteiger partial charge in [-0.1, -0.05) is 24.2 Å². The van der Waals surface area contributed by atoms with Crippen LogP contribution >= 0.6 is 12.4 Å². The average Bonchev–Trinajstić information content (AvgIpc) is 3.01. The van der Waals surface area contributed by atoms with Gasteiger partial charge in [-0.15, -0.1) is 12.4 Å². The second kappa shape index (κ2) is 9.77. The Morgan fingerprint density at radius 1 is 1.17 bits per heavy atom. The summed E-state index contributed by atoms with van der Waals surface area (Å²) >= 11 is 0. The lowest BCUT2D eigenvalue weighted by Gasteiger charge is -2.24. The van der Waals surface area contributed by atoms with Crippen molar-refractivity contribution in [2.24, 2.45) is 0 Å². The molecule has 0 saturated carbocycles. The Morgan fingerprint density at radius 2 is 1.83 bits per heavy atom. The van der Waals surface area contributed by atoms with Crippen molar-refractivity contribution in [2.75, 3.05) is 13.6 Å². The van der Waals surface area contributed by atoms with Gasteiger partial charge in [0.05, 0.1) is 0 Å². The fourth-order valence-corrected chi connectivity index (χ4v) is 2.48. The topological polar surface area (TPSA) is 54.2 Å².